The summed E-state index contributed by atoms with van der Waals surface area (Å²) in [7, 11) is 0. The fourth-order valence-electron chi connectivity index (χ4n) is 3.85. The molecule has 0 amide bonds. The molecule has 1 heterocycles. The zero-order chi connectivity index (χ0) is 25.4. The van der Waals surface area contributed by atoms with Crippen LogP contribution in [0, 0.1) is 30.1 Å². The molecular formula is C29H38N4O. The van der Waals surface area contributed by atoms with Crippen molar-refractivity contribution in [2.75, 3.05) is 19.7 Å². The fraction of sp³-hybridized carbons (Fsp3) is 0.448. The molecule has 0 spiro atoms. The monoisotopic (exact) mass is 458 g/mol. The minimum Gasteiger partial charge on any atom is -0.498 e. The van der Waals surface area contributed by atoms with Crippen LogP contribution in [0.1, 0.15) is 58.7 Å². The standard InChI is InChI=1S/C29H38N4O/c1-10-18-32(19-11-2)21-26-22-33(31-30-26)29(8,9)27(25-16-14-13-15-17-25)20-23(4)28(6,7)24(5)34-12-3/h1-2,13-17,20,22,27H,5,12,18-19,21H2,3-4,6-9H3/b23-20+. The lowest BCUT2D eigenvalue weighted by molar-refractivity contribution is 0.172. The molecule has 0 bridgehead atoms. The van der Waals surface area contributed by atoms with Crippen molar-refractivity contribution in [3.8, 4) is 24.7 Å². The Labute approximate surface area is 205 Å². The molecule has 0 N–H and O–H groups in total. The second kappa shape index (κ2) is 11.7. The summed E-state index contributed by atoms with van der Waals surface area (Å²) in [5, 5.41) is 8.93. The Morgan fingerprint density at radius 2 is 1.79 bits per heavy atom. The Balaban J connectivity index is 2.46. The summed E-state index contributed by atoms with van der Waals surface area (Å²) in [6.45, 7) is 19.0. The van der Waals surface area contributed by atoms with Crippen molar-refractivity contribution >= 4 is 0 Å². The van der Waals surface area contributed by atoms with Gasteiger partial charge in [-0.15, -0.1) is 17.9 Å². The van der Waals surface area contributed by atoms with Crippen LogP contribution in [0.15, 0.2) is 60.5 Å². The highest BCUT2D eigenvalue weighted by molar-refractivity contribution is 5.32. The summed E-state index contributed by atoms with van der Waals surface area (Å²) in [6, 6.07) is 10.5. The maximum Gasteiger partial charge on any atom is 0.0984 e. The summed E-state index contributed by atoms with van der Waals surface area (Å²) in [6.07, 6.45) is 15.3. The molecule has 1 unspecified atom stereocenters. The molecule has 2 aromatic rings. The van der Waals surface area contributed by atoms with E-state index < -0.39 is 5.54 Å². The first-order chi connectivity index (χ1) is 16.1. The van der Waals surface area contributed by atoms with Crippen molar-refractivity contribution in [2.24, 2.45) is 5.41 Å². The van der Waals surface area contributed by atoms with E-state index in [9.17, 15) is 0 Å². The summed E-state index contributed by atoms with van der Waals surface area (Å²) in [4.78, 5) is 1.99. The quantitative estimate of drug-likeness (QED) is 0.243. The first kappa shape index (κ1) is 27.0. The van der Waals surface area contributed by atoms with Crippen molar-refractivity contribution in [3.05, 3.63) is 71.8 Å². The molecule has 0 aliphatic heterocycles. The number of terminal acetylenes is 2. The van der Waals surface area contributed by atoms with E-state index in [1.165, 1.54) is 11.1 Å². The first-order valence-corrected chi connectivity index (χ1v) is 11.6. The van der Waals surface area contributed by atoms with Gasteiger partial charge in [0.2, 0.25) is 0 Å². The summed E-state index contributed by atoms with van der Waals surface area (Å²) in [5.41, 5.74) is 2.50. The number of hydrogen-bond acceptors (Lipinski definition) is 4. The maximum absolute atomic E-state index is 5.77. The average Bonchev–Trinajstić information content (AvgIpc) is 3.27. The molecule has 0 radical (unpaired) electrons. The average molecular weight is 459 g/mol. The largest absolute Gasteiger partial charge is 0.498 e. The van der Waals surface area contributed by atoms with Crippen molar-refractivity contribution in [1.29, 1.82) is 0 Å². The summed E-state index contributed by atoms with van der Waals surface area (Å²) >= 11 is 0. The Bertz CT molecular complexity index is 1050. The summed E-state index contributed by atoms with van der Waals surface area (Å²) in [5.74, 6) is 6.10. The highest BCUT2D eigenvalue weighted by Gasteiger charge is 2.35. The Kier molecular flexibility index (Phi) is 9.30. The normalized spacial score (nSPS) is 13.3. The third kappa shape index (κ3) is 6.40. The molecule has 0 aliphatic rings. The second-order valence-electron chi connectivity index (χ2n) is 9.58. The Morgan fingerprint density at radius 1 is 1.18 bits per heavy atom. The van der Waals surface area contributed by atoms with Crippen LogP contribution in [0.25, 0.3) is 0 Å². The van der Waals surface area contributed by atoms with Gasteiger partial charge < -0.3 is 4.74 Å². The van der Waals surface area contributed by atoms with E-state index in [2.05, 4.69) is 93.7 Å². The predicted octanol–water partition coefficient (Wildman–Crippen LogP) is 5.39. The molecule has 1 aromatic heterocycles. The van der Waals surface area contributed by atoms with Crippen LogP contribution in [-0.2, 0) is 16.8 Å². The molecule has 0 aliphatic carbocycles. The van der Waals surface area contributed by atoms with Crippen molar-refractivity contribution < 1.29 is 4.74 Å². The molecule has 0 saturated heterocycles. The Morgan fingerprint density at radius 3 is 2.35 bits per heavy atom. The number of hydrogen-bond donors (Lipinski definition) is 0. The molecule has 180 valence electrons. The zero-order valence-corrected chi connectivity index (χ0v) is 21.5. The van der Waals surface area contributed by atoms with Gasteiger partial charge in [-0.2, -0.15) is 0 Å². The van der Waals surface area contributed by atoms with Gasteiger partial charge >= 0.3 is 0 Å². The molecule has 5 heteroatoms. The number of benzene rings is 1. The summed E-state index contributed by atoms with van der Waals surface area (Å²) < 4.78 is 7.71. The van der Waals surface area contributed by atoms with Crippen molar-refractivity contribution in [3.63, 3.8) is 0 Å². The third-order valence-electron chi connectivity index (χ3n) is 6.48. The topological polar surface area (TPSA) is 43.2 Å². The SMILES string of the molecule is C#CCN(CC#C)Cc1cn(C(C)(C)C(/C=C(\C)C(C)(C)C(=C)OCC)c2ccccc2)nn1. The van der Waals surface area contributed by atoms with Crippen LogP contribution < -0.4 is 0 Å². The van der Waals surface area contributed by atoms with Crippen LogP contribution in [0.5, 0.6) is 0 Å². The van der Waals surface area contributed by atoms with Gasteiger partial charge in [0.25, 0.3) is 0 Å². The predicted molar refractivity (Wildman–Crippen MR) is 140 cm³/mol. The maximum atomic E-state index is 5.77. The van der Waals surface area contributed by atoms with Crippen LogP contribution >= 0.6 is 0 Å². The lowest BCUT2D eigenvalue weighted by Gasteiger charge is -2.35. The molecule has 1 aromatic carbocycles. The molecule has 0 fully saturated rings. The van der Waals surface area contributed by atoms with E-state index in [0.717, 1.165) is 11.5 Å². The molecule has 0 saturated carbocycles. The van der Waals surface area contributed by atoms with Crippen molar-refractivity contribution in [1.82, 2.24) is 19.9 Å². The van der Waals surface area contributed by atoms with E-state index in [1.54, 1.807) is 0 Å². The lowest BCUT2D eigenvalue weighted by Crippen LogP contribution is -2.34. The molecular weight excluding hydrogens is 420 g/mol. The van der Waals surface area contributed by atoms with Gasteiger partial charge in [0.15, 0.2) is 0 Å². The van der Waals surface area contributed by atoms with Gasteiger partial charge in [-0.1, -0.05) is 65.6 Å². The Hall–Kier alpha value is -3.28. The number of allylic oxidation sites excluding steroid dienone is 2. The van der Waals surface area contributed by atoms with E-state index in [0.29, 0.717) is 26.2 Å². The van der Waals surface area contributed by atoms with E-state index in [1.807, 2.05) is 28.8 Å². The highest BCUT2D eigenvalue weighted by Crippen LogP contribution is 2.41. The van der Waals surface area contributed by atoms with E-state index in [4.69, 9.17) is 17.6 Å². The van der Waals surface area contributed by atoms with Gasteiger partial charge in [-0.25, -0.2) is 4.68 Å². The molecule has 34 heavy (non-hydrogen) atoms. The van der Waals surface area contributed by atoms with Crippen LogP contribution in [0.2, 0.25) is 0 Å². The first-order valence-electron chi connectivity index (χ1n) is 11.6. The third-order valence-corrected chi connectivity index (χ3v) is 6.48. The van der Waals surface area contributed by atoms with Gasteiger partial charge in [0.1, 0.15) is 0 Å². The van der Waals surface area contributed by atoms with Gasteiger partial charge in [0.05, 0.1) is 42.9 Å². The molecule has 5 nitrogen and oxygen atoms in total. The molecule has 1 atom stereocenters. The van der Waals surface area contributed by atoms with Gasteiger partial charge in [0, 0.05) is 17.9 Å². The number of nitrogens with zero attached hydrogens (tertiary/aromatic N) is 4. The van der Waals surface area contributed by atoms with E-state index in [-0.39, 0.29) is 11.3 Å². The van der Waals surface area contributed by atoms with Gasteiger partial charge in [-0.3, -0.25) is 4.90 Å². The van der Waals surface area contributed by atoms with Crippen LogP contribution in [0.3, 0.4) is 0 Å². The van der Waals surface area contributed by atoms with Crippen LogP contribution in [0.4, 0.5) is 0 Å². The lowest BCUT2D eigenvalue weighted by atomic mass is 9.76. The fourth-order valence-corrected chi connectivity index (χ4v) is 3.85. The van der Waals surface area contributed by atoms with Crippen molar-refractivity contribution in [2.45, 2.75) is 59.5 Å². The minimum absolute atomic E-state index is 0.0319. The smallest absolute Gasteiger partial charge is 0.0984 e. The zero-order valence-electron chi connectivity index (χ0n) is 21.5. The number of aromatic nitrogens is 3. The van der Waals surface area contributed by atoms with Gasteiger partial charge in [-0.05, 0) is 47.1 Å². The minimum atomic E-state index is -0.403. The number of rotatable bonds is 12. The van der Waals surface area contributed by atoms with Crippen LogP contribution in [-0.4, -0.2) is 39.6 Å². The highest BCUT2D eigenvalue weighted by atomic mass is 16.5. The second-order valence-corrected chi connectivity index (χ2v) is 9.58. The molecule has 2 rings (SSSR count). The number of ether oxygens (including phenoxy) is 1. The van der Waals surface area contributed by atoms with E-state index >= 15 is 0 Å².